The van der Waals surface area contributed by atoms with Gasteiger partial charge >= 0.3 is 0 Å². The molecule has 0 saturated heterocycles. The van der Waals surface area contributed by atoms with E-state index in [2.05, 4.69) is 16.4 Å². The molecular formula is C33H25FN4O6S. The molecule has 226 valence electrons. The second-order valence-electron chi connectivity index (χ2n) is 10.2. The minimum absolute atomic E-state index is 0.193. The number of hydrogen-bond acceptors (Lipinski definition) is 8. The summed E-state index contributed by atoms with van der Waals surface area (Å²) < 4.78 is 58.2. The van der Waals surface area contributed by atoms with Crippen molar-refractivity contribution >= 4 is 43.7 Å². The van der Waals surface area contributed by atoms with Gasteiger partial charge in [0.15, 0.2) is 5.58 Å². The maximum atomic E-state index is 13.7. The normalized spacial score (nSPS) is 11.5. The number of amides is 1. The fourth-order valence-corrected chi connectivity index (χ4v) is 5.66. The number of carbonyl (C=O) groups is 1. The lowest BCUT2D eigenvalue weighted by atomic mass is 9.97. The number of nitriles is 1. The molecule has 6 rings (SSSR count). The number of anilines is 1. The Morgan fingerprint density at radius 2 is 1.76 bits per heavy atom. The first-order valence-electron chi connectivity index (χ1n) is 13.5. The van der Waals surface area contributed by atoms with Crippen molar-refractivity contribution in [2.75, 3.05) is 31.8 Å². The highest BCUT2D eigenvalue weighted by Crippen LogP contribution is 2.43. The van der Waals surface area contributed by atoms with Gasteiger partial charge in [0.25, 0.3) is 5.91 Å². The Balaban J connectivity index is 1.64. The van der Waals surface area contributed by atoms with Crippen LogP contribution in [0.2, 0.25) is 0 Å². The molecule has 0 aliphatic rings. The molecule has 12 heteroatoms. The summed E-state index contributed by atoms with van der Waals surface area (Å²) in [7, 11) is 0.640. The summed E-state index contributed by atoms with van der Waals surface area (Å²) in [5.41, 5.74) is 3.76. The van der Waals surface area contributed by atoms with Gasteiger partial charge in [-0.3, -0.25) is 9.10 Å². The van der Waals surface area contributed by atoms with E-state index < -0.39 is 21.7 Å². The number of ether oxygens (including phenoxy) is 1. The van der Waals surface area contributed by atoms with Gasteiger partial charge in [-0.15, -0.1) is 0 Å². The summed E-state index contributed by atoms with van der Waals surface area (Å²) in [5.74, 6) is -0.0776. The summed E-state index contributed by atoms with van der Waals surface area (Å²) in [5, 5.41) is 12.6. The van der Waals surface area contributed by atoms with Crippen molar-refractivity contribution in [1.29, 1.82) is 5.26 Å². The number of carbonyl (C=O) groups excluding carboxylic acids is 1. The first-order valence-corrected chi connectivity index (χ1v) is 15.4. The molecule has 1 N–H and O–H groups in total. The van der Waals surface area contributed by atoms with E-state index in [4.69, 9.17) is 13.6 Å². The average molecular weight is 625 g/mol. The molecule has 0 atom stereocenters. The molecule has 0 unspecified atom stereocenters. The molecule has 1 amide bonds. The van der Waals surface area contributed by atoms with Gasteiger partial charge < -0.3 is 18.9 Å². The predicted octanol–water partition coefficient (Wildman–Crippen LogP) is 6.35. The van der Waals surface area contributed by atoms with Gasteiger partial charge in [0, 0.05) is 36.7 Å². The third-order valence-electron chi connectivity index (χ3n) is 7.48. The van der Waals surface area contributed by atoms with Crippen LogP contribution in [0.5, 0.6) is 5.75 Å². The van der Waals surface area contributed by atoms with Crippen LogP contribution in [0.15, 0.2) is 81.6 Å². The Kier molecular flexibility index (Phi) is 7.26. The molecule has 2 heterocycles. The Bertz CT molecular complexity index is 2280. The summed E-state index contributed by atoms with van der Waals surface area (Å²) >= 11 is 0. The zero-order valence-electron chi connectivity index (χ0n) is 24.5. The SMILES string of the molecule is CNC(=O)c1c(-c2ccc(F)cc2)oc2cc(N(C)S(C)(=O)=O)c(-c3ccc(OC)c(-c4nc5cccc(C#N)c5o4)c3)cc12. The van der Waals surface area contributed by atoms with Gasteiger partial charge in [0.05, 0.1) is 35.7 Å². The number of nitrogens with zero attached hydrogens (tertiary/aromatic N) is 3. The maximum absolute atomic E-state index is 13.7. The second-order valence-corrected chi connectivity index (χ2v) is 12.2. The van der Waals surface area contributed by atoms with Crippen LogP contribution in [0, 0.1) is 17.1 Å². The molecule has 0 bridgehead atoms. The van der Waals surface area contributed by atoms with Gasteiger partial charge in [0.1, 0.15) is 34.5 Å². The van der Waals surface area contributed by atoms with Crippen molar-refractivity contribution in [3.63, 3.8) is 0 Å². The number of halogens is 1. The van der Waals surface area contributed by atoms with E-state index in [0.29, 0.717) is 50.1 Å². The standard InChI is InChI=1S/C33H25FN4O6S/c1-36-32(39)29-23-15-22(26(38(2)45(4,40)41)16-28(23)43-31(29)18-8-11-21(34)12-9-18)19-10-13-27(42-3)24(14-19)33-37-25-7-5-6-20(17-35)30(25)44-33/h5-16H,1-4H3,(H,36,39). The molecule has 2 aromatic heterocycles. The van der Waals surface area contributed by atoms with Crippen LogP contribution >= 0.6 is 0 Å². The summed E-state index contributed by atoms with van der Waals surface area (Å²) in [6, 6.07) is 21.1. The third-order valence-corrected chi connectivity index (χ3v) is 8.67. The Labute approximate surface area is 257 Å². The summed E-state index contributed by atoms with van der Waals surface area (Å²) in [6.07, 6.45) is 1.08. The molecule has 0 spiro atoms. The third kappa shape index (κ3) is 5.13. The number of aromatic nitrogens is 1. The number of sulfonamides is 1. The number of fused-ring (bicyclic) bond motifs is 2. The number of furan rings is 1. The Hall–Kier alpha value is -5.67. The zero-order chi connectivity index (χ0) is 32.0. The zero-order valence-corrected chi connectivity index (χ0v) is 25.3. The molecule has 4 aromatic carbocycles. The lowest BCUT2D eigenvalue weighted by molar-refractivity contribution is 0.0964. The van der Waals surface area contributed by atoms with Crippen molar-refractivity contribution in [2.24, 2.45) is 0 Å². The van der Waals surface area contributed by atoms with E-state index in [1.807, 2.05) is 0 Å². The number of benzene rings is 4. The predicted molar refractivity (Wildman–Crippen MR) is 168 cm³/mol. The van der Waals surface area contributed by atoms with Gasteiger partial charge in [-0.05, 0) is 60.2 Å². The molecule has 0 saturated carbocycles. The molecule has 0 fully saturated rings. The Morgan fingerprint density at radius 3 is 2.42 bits per heavy atom. The average Bonchev–Trinajstić information content (AvgIpc) is 3.64. The van der Waals surface area contributed by atoms with Crippen molar-refractivity contribution in [3.05, 3.63) is 89.7 Å². The molecular weight excluding hydrogens is 599 g/mol. The smallest absolute Gasteiger partial charge is 0.255 e. The van der Waals surface area contributed by atoms with Crippen LogP contribution in [-0.4, -0.2) is 46.8 Å². The number of methoxy groups -OCH3 is 1. The van der Waals surface area contributed by atoms with Crippen LogP contribution in [-0.2, 0) is 10.0 Å². The van der Waals surface area contributed by atoms with E-state index >= 15 is 0 Å². The monoisotopic (exact) mass is 624 g/mol. The van der Waals surface area contributed by atoms with Gasteiger partial charge in [-0.1, -0.05) is 12.1 Å². The summed E-state index contributed by atoms with van der Waals surface area (Å²) in [6.45, 7) is 0. The van der Waals surface area contributed by atoms with E-state index in [0.717, 1.165) is 10.6 Å². The van der Waals surface area contributed by atoms with E-state index in [1.54, 1.807) is 48.5 Å². The first-order chi connectivity index (χ1) is 21.5. The molecule has 45 heavy (non-hydrogen) atoms. The second kappa shape index (κ2) is 11.1. The lowest BCUT2D eigenvalue weighted by Crippen LogP contribution is -2.25. The van der Waals surface area contributed by atoms with Crippen LogP contribution in [0.1, 0.15) is 15.9 Å². The van der Waals surface area contributed by atoms with E-state index in [1.165, 1.54) is 45.5 Å². The minimum Gasteiger partial charge on any atom is -0.496 e. The topological polar surface area (TPSA) is 139 Å². The van der Waals surface area contributed by atoms with Crippen LogP contribution in [0.25, 0.3) is 56.0 Å². The van der Waals surface area contributed by atoms with Crippen molar-refractivity contribution in [1.82, 2.24) is 10.3 Å². The highest BCUT2D eigenvalue weighted by atomic mass is 32.2. The largest absolute Gasteiger partial charge is 0.496 e. The lowest BCUT2D eigenvalue weighted by Gasteiger charge is -2.21. The number of rotatable bonds is 7. The van der Waals surface area contributed by atoms with E-state index in [-0.39, 0.29) is 28.5 Å². The molecule has 10 nitrogen and oxygen atoms in total. The highest BCUT2D eigenvalue weighted by Gasteiger charge is 2.27. The highest BCUT2D eigenvalue weighted by molar-refractivity contribution is 7.92. The maximum Gasteiger partial charge on any atom is 0.255 e. The number of nitrogens with one attached hydrogen (secondary N) is 1. The van der Waals surface area contributed by atoms with Crippen LogP contribution < -0.4 is 14.4 Å². The van der Waals surface area contributed by atoms with Crippen LogP contribution in [0.4, 0.5) is 10.1 Å². The molecule has 6 aromatic rings. The minimum atomic E-state index is -3.75. The van der Waals surface area contributed by atoms with Gasteiger partial charge in [-0.25, -0.2) is 17.8 Å². The fraction of sp³-hybridized carbons (Fsp3) is 0.121. The van der Waals surface area contributed by atoms with Crippen LogP contribution in [0.3, 0.4) is 0 Å². The van der Waals surface area contributed by atoms with Crippen molar-refractivity contribution in [2.45, 2.75) is 0 Å². The molecule has 0 radical (unpaired) electrons. The fourth-order valence-electron chi connectivity index (χ4n) is 5.15. The van der Waals surface area contributed by atoms with E-state index in [9.17, 15) is 22.9 Å². The number of oxazole rings is 1. The van der Waals surface area contributed by atoms with Crippen molar-refractivity contribution in [3.8, 4) is 45.7 Å². The first kappa shape index (κ1) is 29.4. The Morgan fingerprint density at radius 1 is 1.02 bits per heavy atom. The van der Waals surface area contributed by atoms with Gasteiger partial charge in [-0.2, -0.15) is 5.26 Å². The van der Waals surface area contributed by atoms with Crippen molar-refractivity contribution < 1.29 is 31.2 Å². The summed E-state index contributed by atoms with van der Waals surface area (Å²) in [4.78, 5) is 17.8. The quantitative estimate of drug-likeness (QED) is 0.217. The molecule has 0 aliphatic carbocycles. The number of para-hydroxylation sites is 1. The molecule has 0 aliphatic heterocycles. The number of hydrogen-bond donors (Lipinski definition) is 1. The van der Waals surface area contributed by atoms with Gasteiger partial charge in [0.2, 0.25) is 15.9 Å².